The van der Waals surface area contributed by atoms with Gasteiger partial charge in [0, 0.05) is 37.7 Å². The molecule has 15 heavy (non-hydrogen) atoms. The first-order valence-electron chi connectivity index (χ1n) is 5.28. The summed E-state index contributed by atoms with van der Waals surface area (Å²) < 4.78 is 4.97. The first-order valence-corrected chi connectivity index (χ1v) is 6.16. The lowest BCUT2D eigenvalue weighted by Gasteiger charge is -2.13. The second-order valence-corrected chi connectivity index (χ2v) is 4.59. The molecule has 0 aliphatic heterocycles. The Hall–Kier alpha value is -0.420. The molecule has 0 saturated heterocycles. The highest BCUT2D eigenvalue weighted by Crippen LogP contribution is 2.06. The summed E-state index contributed by atoms with van der Waals surface area (Å²) in [5.74, 6) is 0. The van der Waals surface area contributed by atoms with E-state index in [0.29, 0.717) is 6.04 Å². The van der Waals surface area contributed by atoms with E-state index >= 15 is 0 Å². The number of thiophene rings is 1. The van der Waals surface area contributed by atoms with Gasteiger partial charge in [-0.25, -0.2) is 0 Å². The summed E-state index contributed by atoms with van der Waals surface area (Å²) in [7, 11) is 1.72. The van der Waals surface area contributed by atoms with Crippen LogP contribution >= 0.6 is 11.3 Å². The Kier molecular flexibility index (Phi) is 6.59. The summed E-state index contributed by atoms with van der Waals surface area (Å²) in [6.07, 6.45) is 0. The van der Waals surface area contributed by atoms with Gasteiger partial charge in [-0.05, 0) is 18.4 Å². The van der Waals surface area contributed by atoms with Gasteiger partial charge in [0.1, 0.15) is 0 Å². The molecule has 3 nitrogen and oxygen atoms in total. The van der Waals surface area contributed by atoms with Crippen molar-refractivity contribution in [1.29, 1.82) is 0 Å². The molecule has 0 saturated carbocycles. The van der Waals surface area contributed by atoms with Crippen LogP contribution in [0.3, 0.4) is 0 Å². The largest absolute Gasteiger partial charge is 0.383 e. The van der Waals surface area contributed by atoms with Gasteiger partial charge in [0.05, 0.1) is 6.61 Å². The molecular formula is C11H20N2OS. The van der Waals surface area contributed by atoms with E-state index in [-0.39, 0.29) is 0 Å². The summed E-state index contributed by atoms with van der Waals surface area (Å²) in [5.41, 5.74) is 0. The molecule has 1 atom stereocenters. The topological polar surface area (TPSA) is 33.3 Å². The minimum Gasteiger partial charge on any atom is -0.383 e. The van der Waals surface area contributed by atoms with Crippen molar-refractivity contribution in [2.24, 2.45) is 0 Å². The predicted octanol–water partition coefficient (Wildman–Crippen LogP) is 1.46. The lowest BCUT2D eigenvalue weighted by atomic mass is 10.3. The first-order chi connectivity index (χ1) is 7.33. The molecule has 0 aliphatic rings. The second kappa shape index (κ2) is 7.82. The number of rotatable bonds is 8. The van der Waals surface area contributed by atoms with Crippen LogP contribution in [0.1, 0.15) is 11.8 Å². The number of nitrogens with one attached hydrogen (secondary N) is 2. The standard InChI is InChI=1S/C11H20N2OS/c1-10(13-5-6-14-2)8-12-9-11-4-3-7-15-11/h3-4,7,10,12-13H,5-6,8-9H2,1-2H3. The van der Waals surface area contributed by atoms with Crippen LogP contribution in [-0.2, 0) is 11.3 Å². The predicted molar refractivity (Wildman–Crippen MR) is 65.4 cm³/mol. The Morgan fingerprint density at radius 3 is 3.07 bits per heavy atom. The molecule has 0 spiro atoms. The third-order valence-electron chi connectivity index (χ3n) is 2.13. The van der Waals surface area contributed by atoms with Gasteiger partial charge in [-0.3, -0.25) is 0 Å². The van der Waals surface area contributed by atoms with Crippen molar-refractivity contribution < 1.29 is 4.74 Å². The highest BCUT2D eigenvalue weighted by atomic mass is 32.1. The van der Waals surface area contributed by atoms with Crippen molar-refractivity contribution >= 4 is 11.3 Å². The molecule has 0 aliphatic carbocycles. The fourth-order valence-corrected chi connectivity index (χ4v) is 1.98. The number of hydrogen-bond acceptors (Lipinski definition) is 4. The quantitative estimate of drug-likeness (QED) is 0.661. The van der Waals surface area contributed by atoms with E-state index in [1.807, 2.05) is 0 Å². The minimum absolute atomic E-state index is 0.486. The average Bonchev–Trinajstić information content (AvgIpc) is 2.71. The van der Waals surface area contributed by atoms with Crippen molar-refractivity contribution in [2.45, 2.75) is 19.5 Å². The maximum Gasteiger partial charge on any atom is 0.0587 e. The van der Waals surface area contributed by atoms with Crippen LogP contribution < -0.4 is 10.6 Å². The lowest BCUT2D eigenvalue weighted by molar-refractivity contribution is 0.196. The first kappa shape index (κ1) is 12.6. The maximum atomic E-state index is 4.97. The third kappa shape index (κ3) is 5.89. The summed E-state index contributed by atoms with van der Waals surface area (Å²) in [6, 6.07) is 4.72. The van der Waals surface area contributed by atoms with E-state index in [4.69, 9.17) is 4.74 Å². The van der Waals surface area contributed by atoms with E-state index in [0.717, 1.165) is 26.2 Å². The van der Waals surface area contributed by atoms with Gasteiger partial charge < -0.3 is 15.4 Å². The van der Waals surface area contributed by atoms with Crippen molar-refractivity contribution in [2.75, 3.05) is 26.8 Å². The molecule has 0 fully saturated rings. The van der Waals surface area contributed by atoms with E-state index in [9.17, 15) is 0 Å². The SMILES string of the molecule is COCCNC(C)CNCc1cccs1. The van der Waals surface area contributed by atoms with Gasteiger partial charge in [-0.1, -0.05) is 6.07 Å². The van der Waals surface area contributed by atoms with E-state index in [1.54, 1.807) is 18.4 Å². The Morgan fingerprint density at radius 2 is 2.40 bits per heavy atom. The van der Waals surface area contributed by atoms with Crippen molar-refractivity contribution in [3.63, 3.8) is 0 Å². The molecule has 4 heteroatoms. The Morgan fingerprint density at radius 1 is 1.53 bits per heavy atom. The summed E-state index contributed by atoms with van der Waals surface area (Å²) in [5, 5.41) is 8.91. The molecule has 0 bridgehead atoms. The number of ether oxygens (including phenoxy) is 1. The molecule has 1 heterocycles. The fraction of sp³-hybridized carbons (Fsp3) is 0.636. The smallest absolute Gasteiger partial charge is 0.0587 e. The average molecular weight is 228 g/mol. The molecule has 0 aromatic carbocycles. The van der Waals surface area contributed by atoms with Crippen LogP contribution in [-0.4, -0.2) is 32.8 Å². The highest BCUT2D eigenvalue weighted by molar-refractivity contribution is 7.09. The van der Waals surface area contributed by atoms with E-state index in [2.05, 4.69) is 35.1 Å². The van der Waals surface area contributed by atoms with Crippen LogP contribution in [0, 0.1) is 0 Å². The number of methoxy groups -OCH3 is 1. The minimum atomic E-state index is 0.486. The second-order valence-electron chi connectivity index (χ2n) is 3.56. The molecule has 86 valence electrons. The molecular weight excluding hydrogens is 208 g/mol. The Bertz CT molecular complexity index is 239. The third-order valence-corrected chi connectivity index (χ3v) is 3.01. The maximum absolute atomic E-state index is 4.97. The molecule has 1 aromatic heterocycles. The van der Waals surface area contributed by atoms with E-state index < -0.39 is 0 Å². The van der Waals surface area contributed by atoms with Gasteiger partial charge in [0.15, 0.2) is 0 Å². The zero-order valence-corrected chi connectivity index (χ0v) is 10.3. The van der Waals surface area contributed by atoms with E-state index in [1.165, 1.54) is 4.88 Å². The van der Waals surface area contributed by atoms with Gasteiger partial charge in [-0.2, -0.15) is 0 Å². The van der Waals surface area contributed by atoms with Gasteiger partial charge in [-0.15, -0.1) is 11.3 Å². The molecule has 2 N–H and O–H groups in total. The van der Waals surface area contributed by atoms with Crippen molar-refractivity contribution in [1.82, 2.24) is 10.6 Å². The van der Waals surface area contributed by atoms with Crippen LogP contribution in [0.15, 0.2) is 17.5 Å². The lowest BCUT2D eigenvalue weighted by Crippen LogP contribution is -2.37. The fourth-order valence-electron chi connectivity index (χ4n) is 1.30. The normalized spacial score (nSPS) is 12.9. The molecule has 1 unspecified atom stereocenters. The van der Waals surface area contributed by atoms with Gasteiger partial charge >= 0.3 is 0 Å². The Labute approximate surface area is 95.8 Å². The summed E-state index contributed by atoms with van der Waals surface area (Å²) >= 11 is 1.79. The summed E-state index contributed by atoms with van der Waals surface area (Å²) in [6.45, 7) is 5.82. The Balaban J connectivity index is 1.99. The van der Waals surface area contributed by atoms with Crippen LogP contribution in [0.2, 0.25) is 0 Å². The highest BCUT2D eigenvalue weighted by Gasteiger charge is 2.00. The summed E-state index contributed by atoms with van der Waals surface area (Å²) in [4.78, 5) is 1.39. The molecule has 0 radical (unpaired) electrons. The van der Waals surface area contributed by atoms with Gasteiger partial charge in [0.2, 0.25) is 0 Å². The van der Waals surface area contributed by atoms with Crippen LogP contribution in [0.4, 0.5) is 0 Å². The molecule has 0 amide bonds. The zero-order chi connectivity index (χ0) is 10.9. The van der Waals surface area contributed by atoms with Gasteiger partial charge in [0.25, 0.3) is 0 Å². The molecule has 1 aromatic rings. The van der Waals surface area contributed by atoms with Crippen molar-refractivity contribution in [3.05, 3.63) is 22.4 Å². The monoisotopic (exact) mass is 228 g/mol. The molecule has 1 rings (SSSR count). The number of hydrogen-bond donors (Lipinski definition) is 2. The van der Waals surface area contributed by atoms with Crippen molar-refractivity contribution in [3.8, 4) is 0 Å². The van der Waals surface area contributed by atoms with Crippen LogP contribution in [0.25, 0.3) is 0 Å². The zero-order valence-electron chi connectivity index (χ0n) is 9.45. The van der Waals surface area contributed by atoms with Crippen LogP contribution in [0.5, 0.6) is 0 Å².